The van der Waals surface area contributed by atoms with E-state index in [1.54, 1.807) is 0 Å². The predicted octanol–water partition coefficient (Wildman–Crippen LogP) is 9.38. The molecule has 10 fully saturated rings. The highest BCUT2D eigenvalue weighted by atomic mass is 19.4. The Morgan fingerprint density at radius 2 is 1.21 bits per heavy atom. The Balaban J connectivity index is 0.977. The lowest BCUT2D eigenvalue weighted by molar-refractivity contribution is -0.412. The number of halogens is 12. The molecule has 22 unspecified atom stereocenters. The quantitative estimate of drug-likeness (QED) is 0.0668. The van der Waals surface area contributed by atoms with Gasteiger partial charge in [0.25, 0.3) is 5.60 Å². The summed E-state index contributed by atoms with van der Waals surface area (Å²) in [6.07, 6.45) is -38.8. The molecule has 4 saturated heterocycles. The van der Waals surface area contributed by atoms with E-state index in [2.05, 4.69) is 0 Å². The van der Waals surface area contributed by atoms with Gasteiger partial charge in [0.05, 0.1) is 30.1 Å². The summed E-state index contributed by atoms with van der Waals surface area (Å²) in [5, 5.41) is 0. The molecule has 0 spiro atoms. The van der Waals surface area contributed by atoms with E-state index in [9.17, 15) is 40.7 Å². The summed E-state index contributed by atoms with van der Waals surface area (Å²) >= 11 is 0. The van der Waals surface area contributed by atoms with Crippen LogP contribution in [0.3, 0.4) is 0 Å². The van der Waals surface area contributed by atoms with E-state index < -0.39 is 205 Å². The first-order chi connectivity index (χ1) is 33.9. The van der Waals surface area contributed by atoms with Crippen LogP contribution >= 0.6 is 0 Å². The number of alkyl halides is 12. The van der Waals surface area contributed by atoms with Gasteiger partial charge in [-0.3, -0.25) is 19.2 Å². The molecule has 10 aliphatic rings. The number of carbonyl (C=O) groups excluding carboxylic acids is 4. The van der Waals surface area contributed by atoms with E-state index in [0.717, 1.165) is 6.92 Å². The maximum atomic E-state index is 16.8. The third-order valence-electron chi connectivity index (χ3n) is 19.5. The largest absolute Gasteiger partial charge is 0.458 e. The van der Waals surface area contributed by atoms with Crippen molar-refractivity contribution in [3.8, 4) is 0 Å². The number of hydrogen-bond donors (Lipinski definition) is 0. The van der Waals surface area contributed by atoms with Crippen LogP contribution < -0.4 is 0 Å². The van der Waals surface area contributed by atoms with Crippen LogP contribution in [-0.4, -0.2) is 116 Å². The third-order valence-corrected chi connectivity index (χ3v) is 19.5. The van der Waals surface area contributed by atoms with Crippen molar-refractivity contribution in [2.75, 3.05) is 13.2 Å². The minimum Gasteiger partial charge on any atom is -0.458 e. The maximum Gasteiger partial charge on any atom is 0.426 e. The summed E-state index contributed by atoms with van der Waals surface area (Å²) in [6.45, 7) is 3.60. The molecule has 4 aliphatic heterocycles. The summed E-state index contributed by atoms with van der Waals surface area (Å²) in [4.78, 5) is 54.3. The molecule has 0 aromatic heterocycles. The van der Waals surface area contributed by atoms with Gasteiger partial charge in [0.1, 0.15) is 24.4 Å². The molecule has 12 nitrogen and oxygen atoms in total. The van der Waals surface area contributed by atoms with Crippen molar-refractivity contribution in [1.82, 2.24) is 0 Å². The number of rotatable bonds is 15. The maximum absolute atomic E-state index is 16.8. The first kappa shape index (κ1) is 53.3. The Hall–Kier alpha value is -3.12. The Kier molecular flexibility index (Phi) is 13.1. The van der Waals surface area contributed by atoms with Gasteiger partial charge in [-0.1, -0.05) is 6.92 Å². The van der Waals surface area contributed by atoms with E-state index in [4.69, 9.17) is 37.9 Å². The lowest BCUT2D eigenvalue weighted by atomic mass is 9.61. The van der Waals surface area contributed by atoms with Crippen LogP contribution in [-0.2, 0) is 57.1 Å². The summed E-state index contributed by atoms with van der Waals surface area (Å²) < 4.78 is 230. The van der Waals surface area contributed by atoms with Crippen molar-refractivity contribution >= 4 is 23.9 Å². The second-order valence-corrected chi connectivity index (χ2v) is 23.3. The van der Waals surface area contributed by atoms with Gasteiger partial charge in [0, 0.05) is 42.8 Å². The normalized spacial score (nSPS) is 42.6. The number of ether oxygens (including phenoxy) is 8. The number of carbonyl (C=O) groups is 4. The second-order valence-electron chi connectivity index (χ2n) is 23.3. The first-order valence-electron chi connectivity index (χ1n) is 25.6. The van der Waals surface area contributed by atoms with E-state index in [-0.39, 0.29) is 64.1 Å². The molecule has 24 heteroatoms. The molecule has 0 N–H and O–H groups in total. The summed E-state index contributed by atoms with van der Waals surface area (Å²) in [7, 11) is 0. The first-order valence-corrected chi connectivity index (χ1v) is 25.6. The Bertz CT molecular complexity index is 2150. The van der Waals surface area contributed by atoms with Crippen LogP contribution in [0.15, 0.2) is 0 Å². The SMILES string of the molecule is CCOC(C)OC(CC1CC2CC1C1OC(CC(C(=O)OC3C4CC5C(=O)OC3C5C4)(C3CCCOC3CC(C)(C(=O)OC3C4CC5C(=O)OC3C5C4)C(F)(F)F)C(F)(F)F)C(C)CC21)(C(F)(F)F)C(F)(F)F. The molecular weight excluding hydrogens is 1010 g/mol. The van der Waals surface area contributed by atoms with Crippen LogP contribution in [0, 0.1) is 81.8 Å². The fraction of sp³-hybridized carbons (Fsp3) is 0.918. The average molecular weight is 1070 g/mol. The van der Waals surface area contributed by atoms with Crippen molar-refractivity contribution in [1.29, 1.82) is 0 Å². The number of hydrogen-bond acceptors (Lipinski definition) is 12. The molecule has 22 atom stereocenters. The molecule has 4 heterocycles. The molecule has 6 aliphatic carbocycles. The van der Waals surface area contributed by atoms with Gasteiger partial charge in [-0.25, -0.2) is 0 Å². The Morgan fingerprint density at radius 1 is 0.644 bits per heavy atom. The zero-order chi connectivity index (χ0) is 52.9. The number of fused-ring (bicyclic) bond motifs is 7. The fourth-order valence-corrected chi connectivity index (χ4v) is 16.0. The summed E-state index contributed by atoms with van der Waals surface area (Å²) in [6, 6.07) is 0. The lowest BCUT2D eigenvalue weighted by Gasteiger charge is -2.51. The van der Waals surface area contributed by atoms with Crippen molar-refractivity contribution < 1.29 is 110 Å². The predicted molar refractivity (Wildman–Crippen MR) is 221 cm³/mol. The van der Waals surface area contributed by atoms with Crippen molar-refractivity contribution in [3.63, 3.8) is 0 Å². The van der Waals surface area contributed by atoms with Crippen LogP contribution in [0.5, 0.6) is 0 Å². The Morgan fingerprint density at radius 3 is 1.74 bits per heavy atom. The summed E-state index contributed by atoms with van der Waals surface area (Å²) in [5.41, 5.74) is -12.0. The van der Waals surface area contributed by atoms with Gasteiger partial charge in [-0.05, 0) is 127 Å². The minimum absolute atomic E-state index is 0.0841. The number of esters is 4. The van der Waals surface area contributed by atoms with Crippen LogP contribution in [0.2, 0.25) is 0 Å². The van der Waals surface area contributed by atoms with Gasteiger partial charge >= 0.3 is 48.6 Å². The van der Waals surface area contributed by atoms with Gasteiger partial charge < -0.3 is 37.9 Å². The highest BCUT2D eigenvalue weighted by Crippen LogP contribution is 2.65. The molecule has 0 aromatic rings. The summed E-state index contributed by atoms with van der Waals surface area (Å²) in [5.74, 6) is -14.3. The van der Waals surface area contributed by atoms with E-state index in [0.29, 0.717) is 13.3 Å². The zero-order valence-electron chi connectivity index (χ0n) is 40.4. The van der Waals surface area contributed by atoms with E-state index >= 15 is 31.1 Å². The molecule has 0 amide bonds. The smallest absolute Gasteiger partial charge is 0.426 e. The molecule has 0 aromatic carbocycles. The highest BCUT2D eigenvalue weighted by molar-refractivity contribution is 5.81. The standard InChI is InChI=1S/C49H60F12O12/c1-5-66-20(3)73-45(48(56,57)58,49(59,60)61)16-24-10-21-11-26(24)36-25(21)9-19(2)32(68-36)18-44(47(53,54)55,42(65)72-35-23-13-28-30(15-23)40(63)70-38(28)35)31-7-6-8-67-33(31)17-43(4,46(50,51)52)41(64)71-34-22-12-27-29(14-22)39(62)69-37(27)34/h19-38H,5-18H2,1-4H3. The topological polar surface area (TPSA) is 142 Å². The highest BCUT2D eigenvalue weighted by Gasteiger charge is 2.76. The van der Waals surface area contributed by atoms with Crippen molar-refractivity contribution in [3.05, 3.63) is 0 Å². The third kappa shape index (κ3) is 8.28. The molecule has 6 saturated carbocycles. The molecular formula is C49H60F12O12. The molecule has 0 radical (unpaired) electrons. The lowest BCUT2D eigenvalue weighted by Crippen LogP contribution is -2.62. The fourth-order valence-electron chi connectivity index (χ4n) is 16.0. The monoisotopic (exact) mass is 1070 g/mol. The Labute approximate surface area is 412 Å². The van der Waals surface area contributed by atoms with E-state index in [1.165, 1.54) is 13.8 Å². The van der Waals surface area contributed by atoms with Crippen molar-refractivity contribution in [2.24, 2.45) is 81.8 Å². The van der Waals surface area contributed by atoms with Crippen LogP contribution in [0.4, 0.5) is 52.7 Å². The average Bonchev–Trinajstić information content (AvgIpc) is 4.16. The molecule has 10 rings (SSSR count). The molecule has 6 bridgehead atoms. The van der Waals surface area contributed by atoms with Crippen molar-refractivity contribution in [2.45, 2.75) is 184 Å². The van der Waals surface area contributed by atoms with Gasteiger partial charge in [0.2, 0.25) is 0 Å². The second kappa shape index (κ2) is 18.0. The van der Waals surface area contributed by atoms with Gasteiger partial charge in [0.15, 0.2) is 17.1 Å². The minimum atomic E-state index is -5.99. The van der Waals surface area contributed by atoms with Crippen LogP contribution in [0.25, 0.3) is 0 Å². The van der Waals surface area contributed by atoms with Gasteiger partial charge in [-0.15, -0.1) is 0 Å². The molecule has 73 heavy (non-hydrogen) atoms. The van der Waals surface area contributed by atoms with Crippen LogP contribution in [0.1, 0.15) is 105 Å². The van der Waals surface area contributed by atoms with E-state index in [1.807, 2.05) is 0 Å². The zero-order valence-corrected chi connectivity index (χ0v) is 40.4. The molecule has 412 valence electrons. The van der Waals surface area contributed by atoms with Gasteiger partial charge in [-0.2, -0.15) is 52.7 Å².